The fraction of sp³-hybridized carbons (Fsp3) is 0.0588. The molecule has 0 spiro atoms. The monoisotopic (exact) mass is 404 g/mol. The van der Waals surface area contributed by atoms with Crippen molar-refractivity contribution in [1.29, 1.82) is 0 Å². The number of carbonyl (C=O) groups is 1. The summed E-state index contributed by atoms with van der Waals surface area (Å²) in [4.78, 5) is 45.3. The molecule has 142 valence electrons. The molecule has 0 saturated heterocycles. The highest BCUT2D eigenvalue weighted by Crippen LogP contribution is 2.18. The van der Waals surface area contributed by atoms with Gasteiger partial charge in [-0.2, -0.15) is 7.82 Å². The van der Waals surface area contributed by atoms with Crippen LogP contribution < -0.4 is 19.8 Å². The number of hydrogen-bond acceptors (Lipinski definition) is 8. The number of thioether (sulfide) groups is 1. The van der Waals surface area contributed by atoms with Gasteiger partial charge in [-0.3, -0.25) is 0 Å². The molecule has 3 aromatic rings. The van der Waals surface area contributed by atoms with Gasteiger partial charge in [0.2, 0.25) is 0 Å². The summed E-state index contributed by atoms with van der Waals surface area (Å²) in [6, 6.07) is 13.1. The minimum atomic E-state index is -5.39. The number of fused-ring (bicyclic) bond motifs is 1. The number of aromatic carboxylic acids is 1. The van der Waals surface area contributed by atoms with E-state index >= 15 is 0 Å². The Labute approximate surface area is 158 Å². The molecule has 0 radical (unpaired) electrons. The molecule has 27 heavy (non-hydrogen) atoms. The van der Waals surface area contributed by atoms with Crippen LogP contribution in [0.2, 0.25) is 0 Å². The van der Waals surface area contributed by atoms with Crippen molar-refractivity contribution in [1.82, 2.24) is 9.97 Å². The van der Waals surface area contributed by atoms with Crippen molar-refractivity contribution in [2.24, 2.45) is 0 Å². The maximum Gasteiger partial charge on any atom is 0.131 e. The Hall–Kier alpha value is -2.42. The molecule has 10 heteroatoms. The first-order chi connectivity index (χ1) is 12.7. The molecule has 1 aromatic heterocycles. The summed E-state index contributed by atoms with van der Waals surface area (Å²) in [5.74, 6) is -0.613. The second-order valence-electron chi connectivity index (χ2n) is 5.16. The second-order valence-corrected chi connectivity index (χ2v) is 6.94. The number of carboxylic acids is 1. The van der Waals surface area contributed by atoms with Crippen LogP contribution in [-0.2, 0) is 4.57 Å². The molecule has 0 amide bonds. The Kier molecular flexibility index (Phi) is 6.95. The van der Waals surface area contributed by atoms with Gasteiger partial charge in [0.25, 0.3) is 0 Å². The molecular formula is C17H13N2O6PS-4. The highest BCUT2D eigenvalue weighted by molar-refractivity contribution is 7.98. The zero-order valence-corrected chi connectivity index (χ0v) is 15.7. The first-order valence-corrected chi connectivity index (χ1v) is 10.1. The van der Waals surface area contributed by atoms with Crippen molar-refractivity contribution >= 4 is 48.7 Å². The Morgan fingerprint density at radius 2 is 1.74 bits per heavy atom. The maximum absolute atomic E-state index is 11.1. The number of para-hydroxylation sites is 1. The van der Waals surface area contributed by atoms with Crippen LogP contribution in [0.15, 0.2) is 47.4 Å². The molecular weight excluding hydrogens is 391 g/mol. The standard InChI is InChI=1S/C17H14N2O2S.H3O4P/c1-22-12-8-5-11(6-9-12)7-10-15-18-14-4-2-3-13(17(20)21)16(14)19-15;1-5(2,3)4/h2-10H,1H3,(H,18,19)(H,20,21);(H3,1,2,3,4)/p-4/b10-7+;. The SMILES string of the molecule is CSc1ccc(/C=C/c2nc3c(C(=O)[O-])cccc3[nH]2)cc1.O=P([O-])([O-])[O-]. The van der Waals surface area contributed by atoms with E-state index < -0.39 is 13.8 Å². The van der Waals surface area contributed by atoms with Crippen LogP contribution in [0.5, 0.6) is 0 Å². The molecule has 1 heterocycles. The van der Waals surface area contributed by atoms with E-state index in [0.717, 1.165) is 5.56 Å². The fourth-order valence-corrected chi connectivity index (χ4v) is 2.59. The number of benzene rings is 2. The van der Waals surface area contributed by atoms with Crippen LogP contribution in [0.1, 0.15) is 21.7 Å². The van der Waals surface area contributed by atoms with Gasteiger partial charge in [0.05, 0.1) is 17.0 Å². The summed E-state index contributed by atoms with van der Waals surface area (Å²) < 4.78 is 8.55. The molecule has 0 bridgehead atoms. The van der Waals surface area contributed by atoms with E-state index in [1.54, 1.807) is 23.9 Å². The summed E-state index contributed by atoms with van der Waals surface area (Å²) in [6.45, 7) is 0. The van der Waals surface area contributed by atoms with Gasteiger partial charge in [-0.05, 0) is 36.1 Å². The zero-order chi connectivity index (χ0) is 20.0. The Morgan fingerprint density at radius 1 is 1.11 bits per heavy atom. The van der Waals surface area contributed by atoms with Crippen LogP contribution in [-0.4, -0.2) is 22.2 Å². The van der Waals surface area contributed by atoms with Crippen molar-refractivity contribution in [3.63, 3.8) is 0 Å². The van der Waals surface area contributed by atoms with E-state index in [9.17, 15) is 9.90 Å². The predicted octanol–water partition coefficient (Wildman–Crippen LogP) is -0.00590. The molecule has 1 N–H and O–H groups in total. The van der Waals surface area contributed by atoms with E-state index in [1.165, 1.54) is 11.0 Å². The number of carbonyl (C=O) groups excluding carboxylic acids is 1. The highest BCUT2D eigenvalue weighted by atomic mass is 32.2. The summed E-state index contributed by atoms with van der Waals surface area (Å²) >= 11 is 1.70. The lowest BCUT2D eigenvalue weighted by atomic mass is 10.2. The van der Waals surface area contributed by atoms with Gasteiger partial charge >= 0.3 is 0 Å². The van der Waals surface area contributed by atoms with E-state index in [2.05, 4.69) is 22.1 Å². The summed E-state index contributed by atoms with van der Waals surface area (Å²) in [5, 5.41) is 11.1. The van der Waals surface area contributed by atoms with Gasteiger partial charge < -0.3 is 34.1 Å². The Balaban J connectivity index is 0.000000465. The number of aromatic nitrogens is 2. The first kappa shape index (κ1) is 20.9. The third-order valence-corrected chi connectivity index (χ3v) is 4.04. The van der Waals surface area contributed by atoms with Gasteiger partial charge in [-0.25, -0.2) is 4.98 Å². The lowest BCUT2D eigenvalue weighted by molar-refractivity contribution is -0.432. The topological polar surface area (TPSA) is 155 Å². The minimum absolute atomic E-state index is 0.0951. The molecule has 2 aromatic carbocycles. The number of imidazole rings is 1. The molecule has 0 saturated carbocycles. The van der Waals surface area contributed by atoms with Crippen LogP contribution in [0.4, 0.5) is 0 Å². The smallest absolute Gasteiger partial charge is 0.131 e. The number of nitrogens with zero attached hydrogens (tertiary/aromatic N) is 1. The van der Waals surface area contributed by atoms with E-state index in [0.29, 0.717) is 16.9 Å². The van der Waals surface area contributed by atoms with Crippen molar-refractivity contribution in [2.75, 3.05) is 6.26 Å². The third-order valence-electron chi connectivity index (χ3n) is 3.30. The third kappa shape index (κ3) is 6.67. The van der Waals surface area contributed by atoms with Gasteiger partial charge in [-0.15, -0.1) is 11.8 Å². The molecule has 0 aliphatic heterocycles. The van der Waals surface area contributed by atoms with Crippen molar-refractivity contribution < 1.29 is 29.1 Å². The average molecular weight is 404 g/mol. The number of carboxylic acid groups (broad SMARTS) is 1. The van der Waals surface area contributed by atoms with Gasteiger partial charge in [-0.1, -0.05) is 30.3 Å². The van der Waals surface area contributed by atoms with Crippen molar-refractivity contribution in [2.45, 2.75) is 4.90 Å². The quantitative estimate of drug-likeness (QED) is 0.470. The normalized spacial score (nSPS) is 11.4. The van der Waals surface area contributed by atoms with Gasteiger partial charge in [0.15, 0.2) is 0 Å². The molecule has 0 fully saturated rings. The van der Waals surface area contributed by atoms with Crippen molar-refractivity contribution in [3.8, 4) is 0 Å². The second kappa shape index (κ2) is 8.98. The van der Waals surface area contributed by atoms with Crippen LogP contribution >= 0.6 is 19.6 Å². The molecule has 0 aliphatic rings. The van der Waals surface area contributed by atoms with Gasteiger partial charge in [0, 0.05) is 10.5 Å². The number of rotatable bonds is 4. The van der Waals surface area contributed by atoms with Crippen molar-refractivity contribution in [3.05, 3.63) is 59.4 Å². The zero-order valence-electron chi connectivity index (χ0n) is 13.9. The molecule has 0 atom stereocenters. The molecule has 0 aliphatic carbocycles. The fourth-order valence-electron chi connectivity index (χ4n) is 2.19. The van der Waals surface area contributed by atoms with Gasteiger partial charge in [0.1, 0.15) is 5.82 Å². The highest BCUT2D eigenvalue weighted by Gasteiger charge is 2.06. The lowest BCUT2D eigenvalue weighted by Crippen LogP contribution is -2.24. The van der Waals surface area contributed by atoms with E-state index in [4.69, 9.17) is 19.2 Å². The predicted molar refractivity (Wildman–Crippen MR) is 95.2 cm³/mol. The van der Waals surface area contributed by atoms with Crippen LogP contribution in [0, 0.1) is 0 Å². The first-order valence-electron chi connectivity index (χ1n) is 7.42. The van der Waals surface area contributed by atoms with E-state index in [1.807, 2.05) is 30.5 Å². The molecule has 3 rings (SSSR count). The van der Waals surface area contributed by atoms with E-state index in [-0.39, 0.29) is 5.56 Å². The van der Waals surface area contributed by atoms with Crippen LogP contribution in [0.3, 0.4) is 0 Å². The maximum atomic E-state index is 11.1. The number of aromatic amines is 1. The average Bonchev–Trinajstić information content (AvgIpc) is 3.01. The largest absolute Gasteiger partial charge is 0.822 e. The number of H-pyrrole nitrogens is 1. The number of nitrogens with one attached hydrogen (secondary N) is 1. The minimum Gasteiger partial charge on any atom is -0.822 e. The Morgan fingerprint density at radius 3 is 2.30 bits per heavy atom. The lowest BCUT2D eigenvalue weighted by Gasteiger charge is -2.36. The summed E-state index contributed by atoms with van der Waals surface area (Å²) in [7, 11) is -5.39. The molecule has 0 unspecified atom stereocenters. The number of phosphoric acid groups is 1. The Bertz CT molecular complexity index is 1000. The molecule has 8 nitrogen and oxygen atoms in total. The van der Waals surface area contributed by atoms with Crippen LogP contribution in [0.25, 0.3) is 23.2 Å². The summed E-state index contributed by atoms with van der Waals surface area (Å²) in [6.07, 6.45) is 5.79. The number of hydrogen-bond donors (Lipinski definition) is 1. The summed E-state index contributed by atoms with van der Waals surface area (Å²) in [5.41, 5.74) is 2.25.